The van der Waals surface area contributed by atoms with Crippen LogP contribution in [-0.2, 0) is 9.47 Å². The third-order valence-corrected chi connectivity index (χ3v) is 3.89. The summed E-state index contributed by atoms with van der Waals surface area (Å²) in [6.07, 6.45) is 6.30. The van der Waals surface area contributed by atoms with E-state index >= 15 is 0 Å². The van der Waals surface area contributed by atoms with Crippen molar-refractivity contribution >= 4 is 0 Å². The van der Waals surface area contributed by atoms with Crippen molar-refractivity contribution < 1.29 is 9.47 Å². The van der Waals surface area contributed by atoms with Crippen LogP contribution in [0.5, 0.6) is 0 Å². The number of nitrogens with one attached hydrogen (secondary N) is 1. The van der Waals surface area contributed by atoms with Crippen molar-refractivity contribution in [1.82, 2.24) is 5.32 Å². The van der Waals surface area contributed by atoms with E-state index < -0.39 is 0 Å². The standard InChI is InChI=1S/C13H25NO2/c1-3-12-9-11(5-8-15-12)14-10-13(2)6-4-7-16-13/h11-12,14H,3-10H2,1-2H3. The molecule has 2 heterocycles. The molecule has 16 heavy (non-hydrogen) atoms. The van der Waals surface area contributed by atoms with Crippen LogP contribution in [0.4, 0.5) is 0 Å². The van der Waals surface area contributed by atoms with Gasteiger partial charge in [0.05, 0.1) is 11.7 Å². The maximum absolute atomic E-state index is 5.79. The molecule has 94 valence electrons. The van der Waals surface area contributed by atoms with E-state index in [4.69, 9.17) is 9.47 Å². The molecule has 2 saturated heterocycles. The van der Waals surface area contributed by atoms with Gasteiger partial charge in [-0.15, -0.1) is 0 Å². The van der Waals surface area contributed by atoms with Crippen LogP contribution in [0, 0.1) is 0 Å². The third-order valence-electron chi connectivity index (χ3n) is 3.89. The first-order valence-corrected chi connectivity index (χ1v) is 6.71. The van der Waals surface area contributed by atoms with Crippen LogP contribution in [0.15, 0.2) is 0 Å². The summed E-state index contributed by atoms with van der Waals surface area (Å²) in [4.78, 5) is 0. The number of rotatable bonds is 4. The molecule has 2 rings (SSSR count). The molecule has 0 saturated carbocycles. The van der Waals surface area contributed by atoms with Crippen molar-refractivity contribution in [3.8, 4) is 0 Å². The molecule has 0 radical (unpaired) electrons. The van der Waals surface area contributed by atoms with Gasteiger partial charge in [-0.2, -0.15) is 0 Å². The number of hydrogen-bond donors (Lipinski definition) is 1. The fourth-order valence-electron chi connectivity index (χ4n) is 2.69. The molecule has 0 aromatic carbocycles. The van der Waals surface area contributed by atoms with Crippen molar-refractivity contribution in [2.24, 2.45) is 0 Å². The molecular weight excluding hydrogens is 202 g/mol. The molecule has 3 atom stereocenters. The highest BCUT2D eigenvalue weighted by atomic mass is 16.5. The zero-order valence-corrected chi connectivity index (χ0v) is 10.6. The summed E-state index contributed by atoms with van der Waals surface area (Å²) in [6, 6.07) is 0.625. The van der Waals surface area contributed by atoms with Crippen molar-refractivity contribution in [2.75, 3.05) is 19.8 Å². The molecule has 3 unspecified atom stereocenters. The maximum Gasteiger partial charge on any atom is 0.0779 e. The highest BCUT2D eigenvalue weighted by molar-refractivity contribution is 4.85. The fourth-order valence-corrected chi connectivity index (χ4v) is 2.69. The van der Waals surface area contributed by atoms with Crippen LogP contribution in [0.3, 0.4) is 0 Å². The molecule has 3 nitrogen and oxygen atoms in total. The normalized spacial score (nSPS) is 40.1. The maximum atomic E-state index is 5.79. The summed E-state index contributed by atoms with van der Waals surface area (Å²) in [6.45, 7) is 7.27. The Hall–Kier alpha value is -0.120. The van der Waals surface area contributed by atoms with Gasteiger partial charge in [-0.1, -0.05) is 6.92 Å². The molecule has 1 N–H and O–H groups in total. The molecule has 2 fully saturated rings. The van der Waals surface area contributed by atoms with E-state index in [1.807, 2.05) is 0 Å². The Labute approximate surface area is 98.9 Å². The van der Waals surface area contributed by atoms with Crippen LogP contribution < -0.4 is 5.32 Å². The van der Waals surface area contributed by atoms with Crippen molar-refractivity contribution in [1.29, 1.82) is 0 Å². The average molecular weight is 227 g/mol. The van der Waals surface area contributed by atoms with Gasteiger partial charge in [-0.25, -0.2) is 0 Å². The Balaban J connectivity index is 1.72. The molecule has 0 aromatic heterocycles. The smallest absolute Gasteiger partial charge is 0.0779 e. The zero-order chi connectivity index (χ0) is 11.4. The largest absolute Gasteiger partial charge is 0.378 e. The summed E-state index contributed by atoms with van der Waals surface area (Å²) < 4.78 is 11.5. The lowest BCUT2D eigenvalue weighted by molar-refractivity contribution is -0.0130. The molecular formula is C13H25NO2. The summed E-state index contributed by atoms with van der Waals surface area (Å²) in [5.41, 5.74) is 0.0833. The second kappa shape index (κ2) is 5.48. The molecule has 2 aliphatic heterocycles. The Morgan fingerprint density at radius 3 is 2.94 bits per heavy atom. The highest BCUT2D eigenvalue weighted by Crippen LogP contribution is 2.25. The van der Waals surface area contributed by atoms with Crippen LogP contribution in [0.2, 0.25) is 0 Å². The summed E-state index contributed by atoms with van der Waals surface area (Å²) in [5, 5.41) is 3.66. The van der Waals surface area contributed by atoms with Crippen LogP contribution in [-0.4, -0.2) is 37.5 Å². The summed E-state index contributed by atoms with van der Waals surface area (Å²) in [5.74, 6) is 0. The van der Waals surface area contributed by atoms with Crippen molar-refractivity contribution in [3.63, 3.8) is 0 Å². The number of hydrogen-bond acceptors (Lipinski definition) is 3. The Bertz CT molecular complexity index is 214. The van der Waals surface area contributed by atoms with Crippen molar-refractivity contribution in [3.05, 3.63) is 0 Å². The van der Waals surface area contributed by atoms with E-state index in [2.05, 4.69) is 19.2 Å². The predicted molar refractivity (Wildman–Crippen MR) is 64.6 cm³/mol. The van der Waals surface area contributed by atoms with Crippen molar-refractivity contribution in [2.45, 2.75) is 63.7 Å². The molecule has 0 aromatic rings. The van der Waals surface area contributed by atoms with Crippen LogP contribution >= 0.6 is 0 Å². The molecule has 0 spiro atoms. The van der Waals surface area contributed by atoms with E-state index in [1.165, 1.54) is 12.8 Å². The first-order valence-electron chi connectivity index (χ1n) is 6.71. The third kappa shape index (κ3) is 3.19. The Morgan fingerprint density at radius 2 is 2.25 bits per heavy atom. The van der Waals surface area contributed by atoms with E-state index in [-0.39, 0.29) is 5.60 Å². The Kier molecular flexibility index (Phi) is 4.22. The van der Waals surface area contributed by atoms with Gasteiger partial charge in [0.25, 0.3) is 0 Å². The summed E-state index contributed by atoms with van der Waals surface area (Å²) in [7, 11) is 0. The van der Waals surface area contributed by atoms with E-state index in [9.17, 15) is 0 Å². The first kappa shape index (κ1) is 12.3. The molecule has 0 bridgehead atoms. The van der Waals surface area contributed by atoms with Gasteiger partial charge in [0.15, 0.2) is 0 Å². The predicted octanol–water partition coefficient (Wildman–Crippen LogP) is 2.10. The minimum absolute atomic E-state index is 0.0833. The van der Waals surface area contributed by atoms with Gasteiger partial charge in [0.1, 0.15) is 0 Å². The van der Waals surface area contributed by atoms with Gasteiger partial charge in [0, 0.05) is 25.8 Å². The lowest BCUT2D eigenvalue weighted by Crippen LogP contribution is -2.45. The highest BCUT2D eigenvalue weighted by Gasteiger charge is 2.31. The first-order chi connectivity index (χ1) is 7.72. The lowest BCUT2D eigenvalue weighted by Gasteiger charge is -2.32. The monoisotopic (exact) mass is 227 g/mol. The molecule has 2 aliphatic rings. The van der Waals surface area contributed by atoms with E-state index in [0.717, 1.165) is 39.0 Å². The van der Waals surface area contributed by atoms with Gasteiger partial charge in [-0.05, 0) is 39.0 Å². The van der Waals surface area contributed by atoms with Gasteiger partial charge < -0.3 is 14.8 Å². The quantitative estimate of drug-likeness (QED) is 0.798. The second-order valence-electron chi connectivity index (χ2n) is 5.41. The molecule has 0 aliphatic carbocycles. The van der Waals surface area contributed by atoms with Crippen LogP contribution in [0.1, 0.15) is 46.0 Å². The molecule has 0 amide bonds. The minimum Gasteiger partial charge on any atom is -0.378 e. The second-order valence-corrected chi connectivity index (χ2v) is 5.41. The van der Waals surface area contributed by atoms with Crippen LogP contribution in [0.25, 0.3) is 0 Å². The average Bonchev–Trinajstić information content (AvgIpc) is 2.75. The fraction of sp³-hybridized carbons (Fsp3) is 1.00. The zero-order valence-electron chi connectivity index (χ0n) is 10.6. The van der Waals surface area contributed by atoms with Gasteiger partial charge in [0.2, 0.25) is 0 Å². The minimum atomic E-state index is 0.0833. The summed E-state index contributed by atoms with van der Waals surface area (Å²) >= 11 is 0. The number of ether oxygens (including phenoxy) is 2. The van der Waals surface area contributed by atoms with E-state index in [1.54, 1.807) is 0 Å². The Morgan fingerprint density at radius 1 is 1.38 bits per heavy atom. The van der Waals surface area contributed by atoms with E-state index in [0.29, 0.717) is 12.1 Å². The lowest BCUT2D eigenvalue weighted by atomic mass is 9.98. The SMILES string of the molecule is CCC1CC(NCC2(C)CCCO2)CCO1. The van der Waals surface area contributed by atoms with Gasteiger partial charge in [-0.3, -0.25) is 0 Å². The topological polar surface area (TPSA) is 30.5 Å². The molecule has 3 heteroatoms. The van der Waals surface area contributed by atoms with Gasteiger partial charge >= 0.3 is 0 Å².